The van der Waals surface area contributed by atoms with E-state index in [0.29, 0.717) is 17.5 Å². The van der Waals surface area contributed by atoms with Crippen molar-refractivity contribution in [3.63, 3.8) is 0 Å². The molecule has 1 heterocycles. The minimum Gasteiger partial charge on any atom is -0.428 e. The molecular weight excluding hydrogens is 426 g/mol. The van der Waals surface area contributed by atoms with Gasteiger partial charge in [-0.15, -0.1) is 0 Å². The summed E-state index contributed by atoms with van der Waals surface area (Å²) in [5, 5.41) is 2.69. The number of nitrogens with zero attached hydrogens (tertiary/aromatic N) is 1. The van der Waals surface area contributed by atoms with Crippen molar-refractivity contribution in [1.29, 1.82) is 0 Å². The molecule has 0 atom stereocenters. The van der Waals surface area contributed by atoms with Gasteiger partial charge in [-0.05, 0) is 47.2 Å². The average molecular weight is 460 g/mol. The third-order valence-electron chi connectivity index (χ3n) is 5.87. The van der Waals surface area contributed by atoms with Crippen molar-refractivity contribution in [3.8, 4) is 0 Å². The molecule has 2 aromatic rings. The number of hydrogen-bond acceptors (Lipinski definition) is 5. The summed E-state index contributed by atoms with van der Waals surface area (Å²) < 4.78 is 32.8. The summed E-state index contributed by atoms with van der Waals surface area (Å²) in [6, 6.07) is 14.5. The maximum Gasteiger partial charge on any atom is 0.413 e. The van der Waals surface area contributed by atoms with Crippen LogP contribution < -0.4 is 11.1 Å². The van der Waals surface area contributed by atoms with E-state index in [1.54, 1.807) is 12.1 Å². The molecule has 3 N–H and O–H groups in total. The highest BCUT2D eigenvalue weighted by molar-refractivity contribution is 7.89. The highest BCUT2D eigenvalue weighted by Crippen LogP contribution is 2.27. The number of nitrogens with one attached hydrogen (secondary N) is 1. The summed E-state index contributed by atoms with van der Waals surface area (Å²) in [5.74, 6) is 0.731. The number of anilines is 1. The molecule has 1 fully saturated rings. The third kappa shape index (κ3) is 5.68. The molecule has 0 unspecified atom stereocenters. The molecule has 0 bridgehead atoms. The first-order valence-electron chi connectivity index (χ1n) is 11.0. The maximum atomic E-state index is 13.0. The largest absolute Gasteiger partial charge is 0.428 e. The summed E-state index contributed by atoms with van der Waals surface area (Å²) in [7, 11) is -3.62. The van der Waals surface area contributed by atoms with Gasteiger partial charge in [0.25, 0.3) is 0 Å². The standard InChI is InChI=1S/C24H33N3O4S/c1-17(2)19-5-9-21(10-6-19)26-23(28)31-24(25)13-15-27(16-14-24)32(29,30)22-11-7-20(8-12-22)18(3)4/h5-12,17-18H,13-16,25H2,1-4H3,(H,26,28). The molecule has 1 amide bonds. The monoisotopic (exact) mass is 459 g/mol. The van der Waals surface area contributed by atoms with E-state index in [4.69, 9.17) is 10.5 Å². The minimum atomic E-state index is -3.62. The summed E-state index contributed by atoms with van der Waals surface area (Å²) in [6.07, 6.45) is -0.211. The van der Waals surface area contributed by atoms with Gasteiger partial charge in [-0.2, -0.15) is 4.31 Å². The van der Waals surface area contributed by atoms with Crippen molar-refractivity contribution in [2.24, 2.45) is 5.73 Å². The minimum absolute atomic E-state index is 0.182. The quantitative estimate of drug-likeness (QED) is 0.614. The predicted molar refractivity (Wildman–Crippen MR) is 126 cm³/mol. The van der Waals surface area contributed by atoms with Crippen LogP contribution in [0.4, 0.5) is 10.5 Å². The Labute approximate surface area is 191 Å². The van der Waals surface area contributed by atoms with Crippen LogP contribution >= 0.6 is 0 Å². The van der Waals surface area contributed by atoms with Gasteiger partial charge >= 0.3 is 6.09 Å². The lowest BCUT2D eigenvalue weighted by Crippen LogP contribution is -2.54. The van der Waals surface area contributed by atoms with Crippen LogP contribution in [0, 0.1) is 0 Å². The first-order chi connectivity index (χ1) is 15.0. The SMILES string of the molecule is CC(C)c1ccc(NC(=O)OC2(N)CCN(S(=O)(=O)c3ccc(C(C)C)cc3)CC2)cc1. The Morgan fingerprint density at radius 3 is 1.88 bits per heavy atom. The normalized spacial score (nSPS) is 16.8. The lowest BCUT2D eigenvalue weighted by molar-refractivity contribution is -0.0116. The molecule has 7 nitrogen and oxygen atoms in total. The van der Waals surface area contributed by atoms with Crippen LogP contribution in [0.1, 0.15) is 63.5 Å². The zero-order chi connectivity index (χ0) is 23.5. The Morgan fingerprint density at radius 2 is 1.41 bits per heavy atom. The van der Waals surface area contributed by atoms with Gasteiger partial charge in [0.05, 0.1) is 4.90 Å². The molecule has 174 valence electrons. The lowest BCUT2D eigenvalue weighted by atomic mass is 10.0. The fourth-order valence-electron chi connectivity index (χ4n) is 3.66. The van der Waals surface area contributed by atoms with Crippen molar-refractivity contribution in [3.05, 3.63) is 59.7 Å². The first-order valence-corrected chi connectivity index (χ1v) is 12.4. The van der Waals surface area contributed by atoms with Gasteiger partial charge in [-0.3, -0.25) is 11.1 Å². The number of piperidine rings is 1. The molecule has 3 rings (SSSR count). The molecule has 0 radical (unpaired) electrons. The molecule has 0 aliphatic carbocycles. The van der Waals surface area contributed by atoms with E-state index in [-0.39, 0.29) is 30.8 Å². The summed E-state index contributed by atoms with van der Waals surface area (Å²) in [4.78, 5) is 12.6. The molecule has 1 saturated heterocycles. The molecule has 8 heteroatoms. The average Bonchev–Trinajstić information content (AvgIpc) is 2.74. The van der Waals surface area contributed by atoms with Gasteiger partial charge in [0, 0.05) is 31.6 Å². The second-order valence-corrected chi connectivity index (χ2v) is 10.9. The number of sulfonamides is 1. The molecule has 1 aliphatic heterocycles. The number of rotatable bonds is 6. The Kier molecular flexibility index (Phi) is 7.27. The summed E-state index contributed by atoms with van der Waals surface area (Å²) in [5.41, 5.74) is 7.93. The molecule has 2 aromatic carbocycles. The second-order valence-electron chi connectivity index (χ2n) is 8.98. The van der Waals surface area contributed by atoms with Crippen molar-refractivity contribution in [1.82, 2.24) is 4.31 Å². The van der Waals surface area contributed by atoms with E-state index in [0.717, 1.165) is 5.56 Å². The van der Waals surface area contributed by atoms with E-state index in [9.17, 15) is 13.2 Å². The second kappa shape index (κ2) is 9.60. The van der Waals surface area contributed by atoms with Crippen molar-refractivity contribution in [2.75, 3.05) is 18.4 Å². The van der Waals surface area contributed by atoms with Crippen LogP contribution in [-0.2, 0) is 14.8 Å². The number of carbonyl (C=O) groups excluding carboxylic acids is 1. The molecule has 1 aliphatic rings. The molecule has 0 saturated carbocycles. The van der Waals surface area contributed by atoms with E-state index in [1.165, 1.54) is 9.87 Å². The van der Waals surface area contributed by atoms with Crippen molar-refractivity contribution in [2.45, 2.75) is 63.0 Å². The van der Waals surface area contributed by atoms with Crippen molar-refractivity contribution >= 4 is 21.8 Å². The van der Waals surface area contributed by atoms with Crippen LogP contribution in [0.5, 0.6) is 0 Å². The third-order valence-corrected chi connectivity index (χ3v) is 7.79. The van der Waals surface area contributed by atoms with E-state index < -0.39 is 21.8 Å². The van der Waals surface area contributed by atoms with Gasteiger partial charge in [0.1, 0.15) is 0 Å². The van der Waals surface area contributed by atoms with Gasteiger partial charge in [-0.25, -0.2) is 13.2 Å². The molecular formula is C24H33N3O4S. The summed E-state index contributed by atoms with van der Waals surface area (Å²) >= 11 is 0. The fourth-order valence-corrected chi connectivity index (χ4v) is 5.10. The number of amides is 1. The van der Waals surface area contributed by atoms with E-state index in [1.807, 2.05) is 36.4 Å². The first kappa shape index (κ1) is 24.2. The number of ether oxygens (including phenoxy) is 1. The van der Waals surface area contributed by atoms with E-state index >= 15 is 0 Å². The predicted octanol–water partition coefficient (Wildman–Crippen LogP) is 4.62. The number of carbonyl (C=O) groups is 1. The van der Waals surface area contributed by atoms with Crippen LogP contribution in [-0.4, -0.2) is 37.6 Å². The Balaban J connectivity index is 1.58. The van der Waals surface area contributed by atoms with Crippen LogP contribution in [0.25, 0.3) is 0 Å². The topological polar surface area (TPSA) is 102 Å². The smallest absolute Gasteiger partial charge is 0.413 e. The maximum absolute atomic E-state index is 13.0. The Hall–Kier alpha value is -2.42. The number of hydrogen-bond donors (Lipinski definition) is 2. The van der Waals surface area contributed by atoms with E-state index in [2.05, 4.69) is 33.0 Å². The van der Waals surface area contributed by atoms with Gasteiger partial charge in [0.15, 0.2) is 5.72 Å². The van der Waals surface area contributed by atoms with Crippen LogP contribution in [0.3, 0.4) is 0 Å². The van der Waals surface area contributed by atoms with Crippen LogP contribution in [0.2, 0.25) is 0 Å². The highest BCUT2D eigenvalue weighted by atomic mass is 32.2. The Morgan fingerprint density at radius 1 is 0.938 bits per heavy atom. The van der Waals surface area contributed by atoms with Gasteiger partial charge < -0.3 is 4.74 Å². The van der Waals surface area contributed by atoms with Crippen LogP contribution in [0.15, 0.2) is 53.4 Å². The fraction of sp³-hybridized carbons (Fsp3) is 0.458. The highest BCUT2D eigenvalue weighted by Gasteiger charge is 2.38. The molecule has 0 spiro atoms. The van der Waals surface area contributed by atoms with Gasteiger partial charge in [0.2, 0.25) is 10.0 Å². The Bertz CT molecular complexity index is 1020. The zero-order valence-electron chi connectivity index (χ0n) is 19.2. The molecule has 32 heavy (non-hydrogen) atoms. The van der Waals surface area contributed by atoms with Crippen molar-refractivity contribution < 1.29 is 17.9 Å². The molecule has 0 aromatic heterocycles. The zero-order valence-corrected chi connectivity index (χ0v) is 20.0. The summed E-state index contributed by atoms with van der Waals surface area (Å²) in [6.45, 7) is 8.68. The van der Waals surface area contributed by atoms with Gasteiger partial charge in [-0.1, -0.05) is 52.0 Å². The number of benzene rings is 2. The number of nitrogens with two attached hydrogens (primary N) is 1. The lowest BCUT2D eigenvalue weighted by Gasteiger charge is -2.37.